The highest BCUT2D eigenvalue weighted by molar-refractivity contribution is 5.72. The number of hydrogen-bond acceptors (Lipinski definition) is 4. The molecule has 104 valence electrons. The van der Waals surface area contributed by atoms with Crippen LogP contribution in [0.15, 0.2) is 0 Å². The molecule has 1 atom stereocenters. The summed E-state index contributed by atoms with van der Waals surface area (Å²) in [5.41, 5.74) is 0. The molecule has 1 rings (SSSR count). The van der Waals surface area contributed by atoms with E-state index in [0.29, 0.717) is 19.1 Å². The SMILES string of the molecule is COC(=O)CC1CCCCN1C(=O)OCC(C)C. The minimum atomic E-state index is -0.308. The molecule has 0 spiro atoms. The summed E-state index contributed by atoms with van der Waals surface area (Å²) in [6.07, 6.45) is 2.79. The van der Waals surface area contributed by atoms with Crippen LogP contribution in [-0.2, 0) is 14.3 Å². The van der Waals surface area contributed by atoms with Crippen molar-refractivity contribution in [3.8, 4) is 0 Å². The van der Waals surface area contributed by atoms with Crippen molar-refractivity contribution in [1.29, 1.82) is 0 Å². The zero-order chi connectivity index (χ0) is 13.5. The zero-order valence-corrected chi connectivity index (χ0v) is 11.5. The summed E-state index contributed by atoms with van der Waals surface area (Å²) in [4.78, 5) is 24.9. The van der Waals surface area contributed by atoms with E-state index in [0.717, 1.165) is 19.3 Å². The highest BCUT2D eigenvalue weighted by Crippen LogP contribution is 2.21. The zero-order valence-electron chi connectivity index (χ0n) is 11.5. The molecule has 0 N–H and O–H groups in total. The molecule has 0 aliphatic carbocycles. The molecule has 0 aromatic carbocycles. The number of carbonyl (C=O) groups excluding carboxylic acids is 2. The molecule has 1 saturated heterocycles. The number of hydrogen-bond donors (Lipinski definition) is 0. The van der Waals surface area contributed by atoms with Crippen LogP contribution in [-0.4, -0.2) is 43.3 Å². The summed E-state index contributed by atoms with van der Waals surface area (Å²) in [7, 11) is 1.37. The standard InChI is InChI=1S/C13H23NO4/c1-10(2)9-18-13(16)14-7-5-4-6-11(14)8-12(15)17-3/h10-11H,4-9H2,1-3H3. The van der Waals surface area contributed by atoms with Crippen LogP contribution in [0.4, 0.5) is 4.79 Å². The fourth-order valence-electron chi connectivity index (χ4n) is 2.05. The Hall–Kier alpha value is -1.26. The Bertz CT molecular complexity index is 291. The molecule has 1 aliphatic rings. The van der Waals surface area contributed by atoms with Crippen LogP contribution >= 0.6 is 0 Å². The van der Waals surface area contributed by atoms with Crippen LogP contribution in [0, 0.1) is 5.92 Å². The number of likely N-dealkylation sites (tertiary alicyclic amines) is 1. The van der Waals surface area contributed by atoms with Crippen LogP contribution in [0.2, 0.25) is 0 Å². The van der Waals surface area contributed by atoms with Crippen molar-refractivity contribution in [2.24, 2.45) is 5.92 Å². The van der Waals surface area contributed by atoms with E-state index < -0.39 is 0 Å². The van der Waals surface area contributed by atoms with Gasteiger partial charge in [0.2, 0.25) is 0 Å². The molecule has 0 bridgehead atoms. The summed E-state index contributed by atoms with van der Waals surface area (Å²) < 4.78 is 9.88. The maximum Gasteiger partial charge on any atom is 0.410 e. The van der Waals surface area contributed by atoms with Crippen molar-refractivity contribution in [3.05, 3.63) is 0 Å². The van der Waals surface area contributed by atoms with Crippen molar-refractivity contribution in [1.82, 2.24) is 4.90 Å². The number of rotatable bonds is 4. The Morgan fingerprint density at radius 3 is 2.67 bits per heavy atom. The molecule has 1 aliphatic heterocycles. The molecule has 18 heavy (non-hydrogen) atoms. The predicted octanol–water partition coefficient (Wildman–Crippen LogP) is 2.20. The fraction of sp³-hybridized carbons (Fsp3) is 0.846. The van der Waals surface area contributed by atoms with Crippen molar-refractivity contribution in [3.63, 3.8) is 0 Å². The van der Waals surface area contributed by atoms with Gasteiger partial charge in [-0.15, -0.1) is 0 Å². The summed E-state index contributed by atoms with van der Waals surface area (Å²) >= 11 is 0. The number of nitrogens with zero attached hydrogens (tertiary/aromatic N) is 1. The Morgan fingerprint density at radius 2 is 2.06 bits per heavy atom. The molecule has 0 radical (unpaired) electrons. The Labute approximate surface area is 108 Å². The lowest BCUT2D eigenvalue weighted by Crippen LogP contribution is -2.45. The molecule has 5 heteroatoms. The molecule has 1 fully saturated rings. The Balaban J connectivity index is 2.52. The van der Waals surface area contributed by atoms with E-state index in [-0.39, 0.29) is 24.5 Å². The molecule has 1 amide bonds. The first-order valence-electron chi connectivity index (χ1n) is 6.54. The normalized spacial score (nSPS) is 19.8. The lowest BCUT2D eigenvalue weighted by molar-refractivity contribution is -0.142. The molecule has 5 nitrogen and oxygen atoms in total. The van der Waals surface area contributed by atoms with Gasteiger partial charge in [0.25, 0.3) is 0 Å². The highest BCUT2D eigenvalue weighted by Gasteiger charge is 2.29. The third kappa shape index (κ3) is 4.55. The van der Waals surface area contributed by atoms with E-state index in [9.17, 15) is 9.59 Å². The van der Waals surface area contributed by atoms with Crippen molar-refractivity contribution >= 4 is 12.1 Å². The largest absolute Gasteiger partial charge is 0.469 e. The third-order valence-corrected chi connectivity index (χ3v) is 3.03. The minimum absolute atomic E-state index is 0.0779. The van der Waals surface area contributed by atoms with E-state index >= 15 is 0 Å². The molecule has 1 heterocycles. The van der Waals surface area contributed by atoms with E-state index in [1.807, 2.05) is 13.8 Å². The number of esters is 1. The second-order valence-corrected chi connectivity index (χ2v) is 5.09. The number of amides is 1. The van der Waals surface area contributed by atoms with Gasteiger partial charge < -0.3 is 14.4 Å². The Morgan fingerprint density at radius 1 is 1.33 bits per heavy atom. The average Bonchev–Trinajstić information content (AvgIpc) is 2.36. The first-order valence-corrected chi connectivity index (χ1v) is 6.54. The smallest absolute Gasteiger partial charge is 0.410 e. The number of methoxy groups -OCH3 is 1. The van der Waals surface area contributed by atoms with Gasteiger partial charge >= 0.3 is 12.1 Å². The van der Waals surface area contributed by atoms with Crippen LogP contribution in [0.5, 0.6) is 0 Å². The third-order valence-electron chi connectivity index (χ3n) is 3.03. The van der Waals surface area contributed by atoms with E-state index in [2.05, 4.69) is 4.74 Å². The number of carbonyl (C=O) groups is 2. The lowest BCUT2D eigenvalue weighted by atomic mass is 10.00. The maximum absolute atomic E-state index is 11.9. The van der Waals surface area contributed by atoms with E-state index in [1.54, 1.807) is 4.90 Å². The summed E-state index contributed by atoms with van der Waals surface area (Å²) in [5, 5.41) is 0. The molecule has 0 aromatic rings. The molecular weight excluding hydrogens is 234 g/mol. The van der Waals surface area contributed by atoms with Gasteiger partial charge in [-0.3, -0.25) is 4.79 Å². The molecule has 0 aromatic heterocycles. The molecule has 0 saturated carbocycles. The van der Waals surface area contributed by atoms with Crippen LogP contribution in [0.25, 0.3) is 0 Å². The van der Waals surface area contributed by atoms with Gasteiger partial charge in [-0.05, 0) is 25.2 Å². The summed E-state index contributed by atoms with van der Waals surface area (Å²) in [5.74, 6) is 0.0429. The first-order chi connectivity index (χ1) is 8.54. The van der Waals surface area contributed by atoms with E-state index in [4.69, 9.17) is 4.74 Å². The van der Waals surface area contributed by atoms with Gasteiger partial charge in [-0.1, -0.05) is 13.8 Å². The molecular formula is C13H23NO4. The van der Waals surface area contributed by atoms with Crippen LogP contribution in [0.3, 0.4) is 0 Å². The summed E-state index contributed by atoms with van der Waals surface area (Å²) in [6.45, 7) is 5.07. The number of ether oxygens (including phenoxy) is 2. The van der Waals surface area contributed by atoms with Gasteiger partial charge in [0.1, 0.15) is 0 Å². The van der Waals surface area contributed by atoms with Gasteiger partial charge in [0, 0.05) is 12.6 Å². The Kier molecular flexibility index (Phi) is 5.95. The van der Waals surface area contributed by atoms with Crippen molar-refractivity contribution in [2.75, 3.05) is 20.3 Å². The highest BCUT2D eigenvalue weighted by atomic mass is 16.6. The maximum atomic E-state index is 11.9. The quantitative estimate of drug-likeness (QED) is 0.724. The summed E-state index contributed by atoms with van der Waals surface area (Å²) in [6, 6.07) is -0.0779. The molecule has 1 unspecified atom stereocenters. The van der Waals surface area contributed by atoms with Crippen molar-refractivity contribution < 1.29 is 19.1 Å². The minimum Gasteiger partial charge on any atom is -0.469 e. The monoisotopic (exact) mass is 257 g/mol. The van der Waals surface area contributed by atoms with E-state index in [1.165, 1.54) is 7.11 Å². The second kappa shape index (κ2) is 7.24. The second-order valence-electron chi connectivity index (χ2n) is 5.09. The van der Waals surface area contributed by atoms with Gasteiger partial charge in [-0.25, -0.2) is 4.79 Å². The first kappa shape index (κ1) is 14.8. The number of piperidine rings is 1. The van der Waals surface area contributed by atoms with Gasteiger partial charge in [0.05, 0.1) is 20.1 Å². The fourth-order valence-corrected chi connectivity index (χ4v) is 2.05. The van der Waals surface area contributed by atoms with Crippen molar-refractivity contribution in [2.45, 2.75) is 45.6 Å². The van der Waals surface area contributed by atoms with Gasteiger partial charge in [-0.2, -0.15) is 0 Å². The predicted molar refractivity (Wildman–Crippen MR) is 67.2 cm³/mol. The lowest BCUT2D eigenvalue weighted by Gasteiger charge is -2.34. The average molecular weight is 257 g/mol. The van der Waals surface area contributed by atoms with Crippen LogP contribution < -0.4 is 0 Å². The van der Waals surface area contributed by atoms with Gasteiger partial charge in [0.15, 0.2) is 0 Å². The van der Waals surface area contributed by atoms with Crippen LogP contribution in [0.1, 0.15) is 39.5 Å². The topological polar surface area (TPSA) is 55.8 Å².